The van der Waals surface area contributed by atoms with Crippen molar-refractivity contribution in [1.29, 1.82) is 0 Å². The SMILES string of the molecule is Cc1noc(CN2CCN(CC3(CO)COC3)CC2)n1. The highest BCUT2D eigenvalue weighted by atomic mass is 16.5. The number of hydrogen-bond acceptors (Lipinski definition) is 7. The zero-order valence-corrected chi connectivity index (χ0v) is 11.9. The number of aliphatic hydroxyl groups excluding tert-OH is 1. The molecule has 112 valence electrons. The van der Waals surface area contributed by atoms with Gasteiger partial charge < -0.3 is 14.4 Å². The molecule has 3 heterocycles. The molecular formula is C13H22N4O3. The number of aryl methyl sites for hydroxylation is 1. The van der Waals surface area contributed by atoms with Crippen LogP contribution in [-0.2, 0) is 11.3 Å². The van der Waals surface area contributed by atoms with Crippen molar-refractivity contribution in [3.05, 3.63) is 11.7 Å². The fourth-order valence-corrected chi connectivity index (χ4v) is 2.80. The van der Waals surface area contributed by atoms with E-state index in [2.05, 4.69) is 19.9 Å². The Morgan fingerprint density at radius 1 is 1.20 bits per heavy atom. The molecule has 1 aromatic rings. The molecule has 2 fully saturated rings. The summed E-state index contributed by atoms with van der Waals surface area (Å²) in [5.41, 5.74) is -0.0221. The second-order valence-corrected chi connectivity index (χ2v) is 5.94. The average Bonchev–Trinajstić information content (AvgIpc) is 2.81. The Morgan fingerprint density at radius 3 is 2.40 bits per heavy atom. The van der Waals surface area contributed by atoms with Crippen molar-refractivity contribution in [2.45, 2.75) is 13.5 Å². The maximum atomic E-state index is 9.47. The summed E-state index contributed by atoms with van der Waals surface area (Å²) < 4.78 is 10.4. The minimum absolute atomic E-state index is 0.0221. The Bertz CT molecular complexity index is 433. The number of hydrogen-bond donors (Lipinski definition) is 1. The topological polar surface area (TPSA) is 74.9 Å². The summed E-state index contributed by atoms with van der Waals surface area (Å²) in [7, 11) is 0. The molecule has 2 saturated heterocycles. The summed E-state index contributed by atoms with van der Waals surface area (Å²) in [5, 5.41) is 13.3. The zero-order chi connectivity index (χ0) is 14.0. The van der Waals surface area contributed by atoms with Crippen LogP contribution in [0.25, 0.3) is 0 Å². The van der Waals surface area contributed by atoms with Crippen molar-refractivity contribution in [2.24, 2.45) is 5.41 Å². The van der Waals surface area contributed by atoms with E-state index in [1.54, 1.807) is 0 Å². The third kappa shape index (κ3) is 3.01. The summed E-state index contributed by atoms with van der Waals surface area (Å²) in [6.07, 6.45) is 0. The second-order valence-electron chi connectivity index (χ2n) is 5.94. The van der Waals surface area contributed by atoms with Crippen molar-refractivity contribution in [1.82, 2.24) is 19.9 Å². The van der Waals surface area contributed by atoms with Gasteiger partial charge in [-0.2, -0.15) is 4.98 Å². The molecule has 7 heteroatoms. The van der Waals surface area contributed by atoms with Gasteiger partial charge in [-0.3, -0.25) is 9.80 Å². The predicted octanol–water partition coefficient (Wildman–Crippen LogP) is -0.495. The molecule has 0 atom stereocenters. The van der Waals surface area contributed by atoms with Crippen LogP contribution >= 0.6 is 0 Å². The van der Waals surface area contributed by atoms with E-state index in [0.717, 1.165) is 39.3 Å². The van der Waals surface area contributed by atoms with E-state index in [0.29, 0.717) is 24.9 Å². The Labute approximate surface area is 118 Å². The smallest absolute Gasteiger partial charge is 0.240 e. The molecule has 0 spiro atoms. The zero-order valence-electron chi connectivity index (χ0n) is 11.9. The molecule has 1 N–H and O–H groups in total. The van der Waals surface area contributed by atoms with Crippen LogP contribution in [0, 0.1) is 12.3 Å². The average molecular weight is 282 g/mol. The van der Waals surface area contributed by atoms with Gasteiger partial charge in [0.25, 0.3) is 0 Å². The van der Waals surface area contributed by atoms with Crippen molar-refractivity contribution in [3.63, 3.8) is 0 Å². The van der Waals surface area contributed by atoms with Crippen LogP contribution in [0.5, 0.6) is 0 Å². The van der Waals surface area contributed by atoms with Crippen molar-refractivity contribution in [2.75, 3.05) is 52.5 Å². The second kappa shape index (κ2) is 5.77. The summed E-state index contributed by atoms with van der Waals surface area (Å²) >= 11 is 0. The molecule has 7 nitrogen and oxygen atoms in total. The predicted molar refractivity (Wildman–Crippen MR) is 71.1 cm³/mol. The molecule has 3 rings (SSSR count). The first-order valence-corrected chi connectivity index (χ1v) is 7.12. The molecule has 0 aliphatic carbocycles. The van der Waals surface area contributed by atoms with Gasteiger partial charge in [0.1, 0.15) is 0 Å². The number of aromatic nitrogens is 2. The van der Waals surface area contributed by atoms with E-state index in [9.17, 15) is 5.11 Å². The number of aliphatic hydroxyl groups is 1. The van der Waals surface area contributed by atoms with Crippen LogP contribution in [0.15, 0.2) is 4.52 Å². The quantitative estimate of drug-likeness (QED) is 0.780. The standard InChI is InChI=1S/C13H22N4O3/c1-11-14-12(20-15-11)6-16-2-4-17(5-3-16)7-13(8-18)9-19-10-13/h18H,2-10H2,1H3. The van der Waals surface area contributed by atoms with E-state index < -0.39 is 0 Å². The molecule has 0 radical (unpaired) electrons. The van der Waals surface area contributed by atoms with Gasteiger partial charge in [-0.25, -0.2) is 0 Å². The summed E-state index contributed by atoms with van der Waals surface area (Å²) in [5.74, 6) is 1.38. The lowest BCUT2D eigenvalue weighted by atomic mass is 9.86. The van der Waals surface area contributed by atoms with E-state index in [1.807, 2.05) is 6.92 Å². The monoisotopic (exact) mass is 282 g/mol. The van der Waals surface area contributed by atoms with E-state index in [-0.39, 0.29) is 12.0 Å². The Balaban J connectivity index is 1.45. The third-order valence-electron chi connectivity index (χ3n) is 4.10. The van der Waals surface area contributed by atoms with Crippen LogP contribution in [0.4, 0.5) is 0 Å². The lowest BCUT2D eigenvalue weighted by Crippen LogP contribution is -2.56. The van der Waals surface area contributed by atoms with Crippen molar-refractivity contribution >= 4 is 0 Å². The Morgan fingerprint density at radius 2 is 1.90 bits per heavy atom. The van der Waals surface area contributed by atoms with Gasteiger partial charge in [-0.15, -0.1) is 0 Å². The fraction of sp³-hybridized carbons (Fsp3) is 0.846. The first-order chi connectivity index (χ1) is 9.69. The first-order valence-electron chi connectivity index (χ1n) is 7.12. The summed E-state index contributed by atoms with van der Waals surface area (Å²) in [6, 6.07) is 0. The van der Waals surface area contributed by atoms with Gasteiger partial charge in [0.05, 0.1) is 31.8 Å². The van der Waals surface area contributed by atoms with E-state index in [1.165, 1.54) is 0 Å². The molecule has 20 heavy (non-hydrogen) atoms. The lowest BCUT2D eigenvalue weighted by molar-refractivity contribution is -0.150. The molecule has 0 amide bonds. The molecule has 0 aromatic carbocycles. The largest absolute Gasteiger partial charge is 0.396 e. The normalized spacial score (nSPS) is 23.7. The van der Waals surface area contributed by atoms with Crippen molar-refractivity contribution < 1.29 is 14.4 Å². The van der Waals surface area contributed by atoms with Crippen LogP contribution in [0.2, 0.25) is 0 Å². The van der Waals surface area contributed by atoms with Gasteiger partial charge in [0, 0.05) is 32.7 Å². The molecule has 1 aromatic heterocycles. The molecule has 0 unspecified atom stereocenters. The highest BCUT2D eigenvalue weighted by Crippen LogP contribution is 2.28. The minimum atomic E-state index is -0.0221. The molecule has 2 aliphatic heterocycles. The number of rotatable bonds is 5. The molecule has 0 saturated carbocycles. The van der Waals surface area contributed by atoms with Gasteiger partial charge in [0.15, 0.2) is 5.82 Å². The Kier molecular flexibility index (Phi) is 4.02. The maximum absolute atomic E-state index is 9.47. The number of ether oxygens (including phenoxy) is 1. The maximum Gasteiger partial charge on any atom is 0.240 e. The highest BCUT2D eigenvalue weighted by Gasteiger charge is 2.40. The molecular weight excluding hydrogens is 260 g/mol. The third-order valence-corrected chi connectivity index (χ3v) is 4.10. The highest BCUT2D eigenvalue weighted by molar-refractivity contribution is 4.90. The molecule has 2 aliphatic rings. The minimum Gasteiger partial charge on any atom is -0.396 e. The van der Waals surface area contributed by atoms with Crippen molar-refractivity contribution in [3.8, 4) is 0 Å². The molecule has 0 bridgehead atoms. The van der Waals surface area contributed by atoms with Crippen LogP contribution in [0.1, 0.15) is 11.7 Å². The van der Waals surface area contributed by atoms with Gasteiger partial charge >= 0.3 is 0 Å². The summed E-state index contributed by atoms with van der Waals surface area (Å²) in [4.78, 5) is 8.97. The first kappa shape index (κ1) is 13.9. The number of nitrogens with zero attached hydrogens (tertiary/aromatic N) is 4. The van der Waals surface area contributed by atoms with E-state index in [4.69, 9.17) is 9.26 Å². The van der Waals surface area contributed by atoms with Crippen LogP contribution in [0.3, 0.4) is 0 Å². The van der Waals surface area contributed by atoms with Crippen LogP contribution in [-0.4, -0.2) is 77.6 Å². The van der Waals surface area contributed by atoms with Crippen LogP contribution < -0.4 is 0 Å². The van der Waals surface area contributed by atoms with Gasteiger partial charge in [-0.05, 0) is 6.92 Å². The van der Waals surface area contributed by atoms with Gasteiger partial charge in [-0.1, -0.05) is 5.16 Å². The number of piperazine rings is 1. The summed E-state index contributed by atoms with van der Waals surface area (Å²) in [6.45, 7) is 9.07. The lowest BCUT2D eigenvalue weighted by Gasteiger charge is -2.45. The van der Waals surface area contributed by atoms with Gasteiger partial charge in [0.2, 0.25) is 5.89 Å². The fourth-order valence-electron chi connectivity index (χ4n) is 2.80. The van der Waals surface area contributed by atoms with E-state index >= 15 is 0 Å². The Hall–Kier alpha value is -1.02.